The van der Waals surface area contributed by atoms with Gasteiger partial charge in [-0.2, -0.15) is 0 Å². The Labute approximate surface area is 809 Å². The standard InChI is InChI=1S/4C28H39NO5/c4*1-5-9-22(17-21-12-15-27(33-7-3)25(29)18-21)26(30)19-23(28(31)34-8-4)16-20-10-13-24(14-11-20)32-6-2/h4*10-15,18,22-23H,5-9,16-17,19,29H2,1-4H3/t4*22-,23+/m0000/s1. The van der Waals surface area contributed by atoms with Crippen LogP contribution in [0.2, 0.25) is 0 Å². The van der Waals surface area contributed by atoms with Crippen molar-refractivity contribution in [3.05, 3.63) is 214 Å². The number of ether oxygens (including phenoxy) is 12. The molecule has 744 valence electrons. The minimum absolute atomic E-state index is 0.0818. The van der Waals surface area contributed by atoms with E-state index in [-0.39, 0.29) is 123 Å². The lowest BCUT2D eigenvalue weighted by Crippen LogP contribution is -2.27. The number of hydrogen-bond donors (Lipinski definition) is 4. The SMILES string of the molecule is CCC[C@@H](Cc1ccc(OCC)c(N)c1)C(=O)C[C@@H](Cc1ccc(OCC)cc1)C(=O)OCC.CCC[C@@H](Cc1ccc(OCC)c(N)c1)C(=O)C[C@@H](Cc1ccc(OCC)cc1)C(=O)OCC.CCC[C@@H](Cc1ccc(OCC)c(N)c1)C(=O)C[C@@H](Cc1ccc(OCC)cc1)C(=O)OCC.CCC[C@@H](Cc1ccc(OCC)c(N)c1)C(=O)C[C@@H](Cc1ccc(OCC)cc1)C(=O)OCC. The molecular formula is C112H156N4O20. The number of hydrogen-bond acceptors (Lipinski definition) is 24. The van der Waals surface area contributed by atoms with Crippen LogP contribution in [-0.2, 0) is 109 Å². The van der Waals surface area contributed by atoms with Crippen LogP contribution in [0.25, 0.3) is 0 Å². The number of carbonyl (C=O) groups is 8. The minimum Gasteiger partial charge on any atom is -0.494 e. The zero-order valence-electron chi connectivity index (χ0n) is 83.9. The molecule has 24 nitrogen and oxygen atoms in total. The van der Waals surface area contributed by atoms with Crippen molar-refractivity contribution in [1.29, 1.82) is 0 Å². The molecule has 136 heavy (non-hydrogen) atoms. The lowest BCUT2D eigenvalue weighted by atomic mass is 9.85. The number of benzene rings is 8. The summed E-state index contributed by atoms with van der Waals surface area (Å²) in [5.41, 5.74) is 34.6. The fourth-order valence-electron chi connectivity index (χ4n) is 16.4. The highest BCUT2D eigenvalue weighted by Crippen LogP contribution is 2.35. The van der Waals surface area contributed by atoms with Gasteiger partial charge in [-0.15, -0.1) is 0 Å². The quantitative estimate of drug-likeness (QED) is 0.0156. The van der Waals surface area contributed by atoms with Crippen LogP contribution in [0.15, 0.2) is 170 Å². The smallest absolute Gasteiger partial charge is 0.309 e. The molecule has 0 amide bonds. The summed E-state index contributed by atoms with van der Waals surface area (Å²) < 4.78 is 65.3. The van der Waals surface area contributed by atoms with E-state index in [0.29, 0.717) is 150 Å². The third kappa shape index (κ3) is 41.2. The predicted molar refractivity (Wildman–Crippen MR) is 541 cm³/mol. The Morgan fingerprint density at radius 2 is 0.368 bits per heavy atom. The molecule has 0 aliphatic carbocycles. The highest BCUT2D eigenvalue weighted by molar-refractivity contribution is 5.89. The van der Waals surface area contributed by atoms with Crippen LogP contribution in [0.1, 0.15) is 232 Å². The topological polar surface area (TPSA) is 351 Å². The Kier molecular flexibility index (Phi) is 54.5. The average molecular weight is 1880 g/mol. The van der Waals surface area contributed by atoms with E-state index in [1.165, 1.54) is 0 Å². The molecule has 0 aromatic heterocycles. The van der Waals surface area contributed by atoms with E-state index in [1.54, 1.807) is 27.7 Å². The number of rotatable bonds is 60. The molecule has 0 heterocycles. The molecule has 8 aromatic carbocycles. The van der Waals surface area contributed by atoms with Crippen molar-refractivity contribution in [2.24, 2.45) is 47.3 Å². The third-order valence-corrected chi connectivity index (χ3v) is 22.9. The van der Waals surface area contributed by atoms with Gasteiger partial charge < -0.3 is 79.8 Å². The van der Waals surface area contributed by atoms with Crippen molar-refractivity contribution < 1.29 is 95.2 Å². The van der Waals surface area contributed by atoms with Crippen molar-refractivity contribution >= 4 is 69.8 Å². The number of nitrogen functional groups attached to an aromatic ring is 4. The average Bonchev–Trinajstić information content (AvgIpc) is 0.860. The number of esters is 4. The zero-order chi connectivity index (χ0) is 99.7. The van der Waals surface area contributed by atoms with Gasteiger partial charge in [-0.3, -0.25) is 38.4 Å². The van der Waals surface area contributed by atoms with Crippen molar-refractivity contribution in [3.8, 4) is 46.0 Å². The molecule has 0 fully saturated rings. The third-order valence-electron chi connectivity index (χ3n) is 22.9. The molecule has 0 aliphatic heterocycles. The van der Waals surface area contributed by atoms with Crippen LogP contribution in [0.3, 0.4) is 0 Å². The number of Topliss-reactive ketones (excluding diaryl/α,β-unsaturated/α-hetero) is 4. The molecule has 0 unspecified atom stereocenters. The first-order chi connectivity index (χ1) is 65.6. The van der Waals surface area contributed by atoms with Crippen molar-refractivity contribution in [2.45, 2.75) is 239 Å². The van der Waals surface area contributed by atoms with E-state index in [2.05, 4.69) is 27.7 Å². The summed E-state index contributed by atoms with van der Waals surface area (Å²) >= 11 is 0. The van der Waals surface area contributed by atoms with Gasteiger partial charge in [-0.05, 0) is 302 Å². The summed E-state index contributed by atoms with van der Waals surface area (Å²) in [6.45, 7) is 36.5. The first kappa shape index (κ1) is 114. The van der Waals surface area contributed by atoms with Gasteiger partial charge in [0.25, 0.3) is 0 Å². The van der Waals surface area contributed by atoms with E-state index >= 15 is 0 Å². The highest BCUT2D eigenvalue weighted by atomic mass is 16.5. The summed E-state index contributed by atoms with van der Waals surface area (Å²) in [6, 6.07) is 53.4. The Morgan fingerprint density at radius 3 is 0.515 bits per heavy atom. The Hall–Kier alpha value is -12.1. The predicted octanol–water partition coefficient (Wildman–Crippen LogP) is 21.6. The number of carbonyl (C=O) groups excluding carboxylic acids is 8. The number of anilines is 4. The summed E-state index contributed by atoms with van der Waals surface area (Å²) in [4.78, 5) is 104. The van der Waals surface area contributed by atoms with Gasteiger partial charge in [0.15, 0.2) is 0 Å². The molecule has 0 saturated carbocycles. The number of nitrogens with two attached hydrogens (primary N) is 4. The largest absolute Gasteiger partial charge is 0.494 e. The van der Waals surface area contributed by atoms with E-state index in [0.717, 1.165) is 119 Å². The highest BCUT2D eigenvalue weighted by Gasteiger charge is 2.33. The lowest BCUT2D eigenvalue weighted by molar-refractivity contribution is -0.150. The van der Waals surface area contributed by atoms with E-state index in [9.17, 15) is 38.4 Å². The molecule has 0 radical (unpaired) electrons. The second kappa shape index (κ2) is 64.8. The second-order valence-corrected chi connectivity index (χ2v) is 33.6. The van der Waals surface area contributed by atoms with Gasteiger partial charge in [0.2, 0.25) is 0 Å². The van der Waals surface area contributed by atoms with Crippen LogP contribution < -0.4 is 60.8 Å². The first-order valence-corrected chi connectivity index (χ1v) is 49.3. The molecule has 0 bridgehead atoms. The summed E-state index contributed by atoms with van der Waals surface area (Å²) in [5.74, 6) is 1.98. The van der Waals surface area contributed by atoms with Crippen LogP contribution >= 0.6 is 0 Å². The van der Waals surface area contributed by atoms with Gasteiger partial charge in [0, 0.05) is 49.4 Å². The zero-order valence-corrected chi connectivity index (χ0v) is 83.9. The maximum Gasteiger partial charge on any atom is 0.309 e. The van der Waals surface area contributed by atoms with Gasteiger partial charge >= 0.3 is 23.9 Å². The lowest BCUT2D eigenvalue weighted by Gasteiger charge is -2.20. The molecule has 24 heteroatoms. The maximum atomic E-state index is 13.4. The van der Waals surface area contributed by atoms with Gasteiger partial charge in [0.05, 0.1) is 126 Å². The van der Waals surface area contributed by atoms with Gasteiger partial charge in [-0.1, -0.05) is 126 Å². The van der Waals surface area contributed by atoms with Gasteiger partial charge in [0.1, 0.15) is 69.1 Å². The molecule has 8 rings (SSSR count). The summed E-state index contributed by atoms with van der Waals surface area (Å²) in [7, 11) is 0. The monoisotopic (exact) mass is 1880 g/mol. The Balaban J connectivity index is 0.000000320. The van der Waals surface area contributed by atoms with E-state index < -0.39 is 23.7 Å². The van der Waals surface area contributed by atoms with Crippen LogP contribution in [-0.4, -0.2) is 126 Å². The molecule has 8 atom stereocenters. The van der Waals surface area contributed by atoms with E-state index in [4.69, 9.17) is 79.8 Å². The molecule has 0 saturated heterocycles. The van der Waals surface area contributed by atoms with Crippen molar-refractivity contribution in [2.75, 3.05) is 102 Å². The maximum absolute atomic E-state index is 13.4. The first-order valence-electron chi connectivity index (χ1n) is 49.3. The van der Waals surface area contributed by atoms with Crippen molar-refractivity contribution in [3.63, 3.8) is 0 Å². The molecule has 0 aliphatic rings. The van der Waals surface area contributed by atoms with Crippen molar-refractivity contribution in [1.82, 2.24) is 0 Å². The molecule has 8 N–H and O–H groups in total. The molecule has 0 spiro atoms. The summed E-state index contributed by atoms with van der Waals surface area (Å²) in [5, 5.41) is 0. The minimum atomic E-state index is -0.518. The summed E-state index contributed by atoms with van der Waals surface area (Å²) in [6.07, 6.45) is 11.3. The van der Waals surface area contributed by atoms with Crippen LogP contribution in [0.4, 0.5) is 22.7 Å². The normalized spacial score (nSPS) is 12.6. The second-order valence-electron chi connectivity index (χ2n) is 33.6. The van der Waals surface area contributed by atoms with Crippen LogP contribution in [0, 0.1) is 47.3 Å². The van der Waals surface area contributed by atoms with Gasteiger partial charge in [-0.25, -0.2) is 0 Å². The van der Waals surface area contributed by atoms with Crippen LogP contribution in [0.5, 0.6) is 46.0 Å². The fraction of sp³-hybridized carbons (Fsp3) is 0.500. The molecular weight excluding hydrogens is 1720 g/mol. The van der Waals surface area contributed by atoms with E-state index in [1.807, 2.05) is 225 Å². The molecule has 8 aromatic rings. The fourth-order valence-corrected chi connectivity index (χ4v) is 16.4. The Bertz CT molecular complexity index is 4240. The Morgan fingerprint density at radius 1 is 0.206 bits per heavy atom. The number of ketones is 4.